The van der Waals surface area contributed by atoms with Crippen LogP contribution in [0.15, 0.2) is 24.3 Å². The number of hydrogen-bond donors (Lipinski definition) is 3. The normalized spacial score (nSPS) is 16.8. The fourth-order valence-corrected chi connectivity index (χ4v) is 3.74. The van der Waals surface area contributed by atoms with Crippen LogP contribution in [0, 0.1) is 6.92 Å². The van der Waals surface area contributed by atoms with Crippen LogP contribution in [0.25, 0.3) is 10.9 Å². The van der Waals surface area contributed by atoms with Gasteiger partial charge < -0.3 is 15.0 Å². The number of aromatic amines is 2. The van der Waals surface area contributed by atoms with Gasteiger partial charge in [-0.05, 0) is 31.4 Å². The van der Waals surface area contributed by atoms with Crippen molar-refractivity contribution in [2.45, 2.75) is 38.8 Å². The molecular weight excluding hydrogens is 316 g/mol. The van der Waals surface area contributed by atoms with Crippen molar-refractivity contribution in [2.24, 2.45) is 0 Å². The molecule has 6 heteroatoms. The number of carbonyl (C=O) groups excluding carboxylic acids is 1. The first-order chi connectivity index (χ1) is 12.2. The number of benzene rings is 1. The van der Waals surface area contributed by atoms with Crippen molar-refractivity contribution in [1.29, 1.82) is 0 Å². The molecule has 0 saturated heterocycles. The van der Waals surface area contributed by atoms with Crippen LogP contribution < -0.4 is 5.32 Å². The maximum atomic E-state index is 12.1. The Morgan fingerprint density at radius 1 is 1.40 bits per heavy atom. The molecule has 0 aliphatic heterocycles. The van der Waals surface area contributed by atoms with Gasteiger partial charge in [-0.2, -0.15) is 5.10 Å². The van der Waals surface area contributed by atoms with E-state index in [9.17, 15) is 4.79 Å². The van der Waals surface area contributed by atoms with Crippen molar-refractivity contribution in [3.63, 3.8) is 0 Å². The van der Waals surface area contributed by atoms with E-state index in [2.05, 4.69) is 27.4 Å². The number of fused-ring (bicyclic) bond motifs is 2. The van der Waals surface area contributed by atoms with E-state index in [1.54, 1.807) is 0 Å². The Kier molecular flexibility index (Phi) is 4.05. The predicted octanol–water partition coefficient (Wildman–Crippen LogP) is 2.63. The zero-order valence-electron chi connectivity index (χ0n) is 14.5. The van der Waals surface area contributed by atoms with E-state index in [4.69, 9.17) is 4.74 Å². The molecule has 25 heavy (non-hydrogen) atoms. The molecule has 1 unspecified atom stereocenters. The highest BCUT2D eigenvalue weighted by atomic mass is 16.5. The summed E-state index contributed by atoms with van der Waals surface area (Å²) < 4.78 is 4.94. The molecule has 0 amide bonds. The monoisotopic (exact) mass is 338 g/mol. The first-order valence-electron chi connectivity index (χ1n) is 8.61. The first-order valence-corrected chi connectivity index (χ1v) is 8.61. The zero-order valence-corrected chi connectivity index (χ0v) is 14.5. The van der Waals surface area contributed by atoms with Gasteiger partial charge in [-0.1, -0.05) is 18.2 Å². The molecule has 0 spiro atoms. The lowest BCUT2D eigenvalue weighted by Gasteiger charge is -2.23. The summed E-state index contributed by atoms with van der Waals surface area (Å²) in [6.45, 7) is 2.70. The van der Waals surface area contributed by atoms with E-state index >= 15 is 0 Å². The summed E-state index contributed by atoms with van der Waals surface area (Å²) in [5, 5.41) is 12.2. The second-order valence-corrected chi connectivity index (χ2v) is 6.61. The average molecular weight is 338 g/mol. The van der Waals surface area contributed by atoms with Crippen LogP contribution in [-0.2, 0) is 24.1 Å². The molecule has 3 N–H and O–H groups in total. The third-order valence-corrected chi connectivity index (χ3v) is 5.11. The van der Waals surface area contributed by atoms with Crippen molar-refractivity contribution in [3.05, 3.63) is 52.5 Å². The van der Waals surface area contributed by atoms with E-state index in [-0.39, 0.29) is 5.97 Å². The van der Waals surface area contributed by atoms with Crippen molar-refractivity contribution in [2.75, 3.05) is 7.11 Å². The quantitative estimate of drug-likeness (QED) is 0.639. The maximum Gasteiger partial charge on any atom is 0.354 e. The summed E-state index contributed by atoms with van der Waals surface area (Å²) in [5.74, 6) is -0.332. The minimum absolute atomic E-state index is 0.332. The number of H-pyrrole nitrogens is 2. The second kappa shape index (κ2) is 6.37. The summed E-state index contributed by atoms with van der Waals surface area (Å²) >= 11 is 0. The van der Waals surface area contributed by atoms with E-state index in [1.807, 2.05) is 24.3 Å². The average Bonchev–Trinajstić information content (AvgIpc) is 3.20. The Labute approximate surface area is 146 Å². The molecule has 0 saturated carbocycles. The number of methoxy groups -OCH3 is 1. The molecule has 1 aliphatic carbocycles. The second-order valence-electron chi connectivity index (χ2n) is 6.61. The Bertz CT molecular complexity index is 925. The minimum atomic E-state index is -0.332. The highest BCUT2D eigenvalue weighted by Crippen LogP contribution is 2.25. The van der Waals surface area contributed by atoms with Crippen LogP contribution in [0.2, 0.25) is 0 Å². The number of rotatable bonds is 4. The van der Waals surface area contributed by atoms with Crippen LogP contribution in [-0.4, -0.2) is 34.3 Å². The summed E-state index contributed by atoms with van der Waals surface area (Å²) in [6.07, 6.45) is 3.02. The highest BCUT2D eigenvalue weighted by molar-refractivity contribution is 5.98. The maximum absolute atomic E-state index is 12.1. The van der Waals surface area contributed by atoms with Crippen LogP contribution in [0.1, 0.15) is 39.4 Å². The first kappa shape index (κ1) is 15.9. The number of aromatic nitrogens is 3. The molecule has 0 bridgehead atoms. The van der Waals surface area contributed by atoms with Crippen molar-refractivity contribution < 1.29 is 9.53 Å². The fraction of sp³-hybridized carbons (Fsp3) is 0.368. The SMILES string of the molecule is COC(=O)c1[nH]c2ccccc2c1CNC1CCc2c(n[nH]c2C)C1. The van der Waals surface area contributed by atoms with E-state index in [0.717, 1.165) is 41.4 Å². The number of hydrogen-bond acceptors (Lipinski definition) is 4. The lowest BCUT2D eigenvalue weighted by Crippen LogP contribution is -2.34. The third-order valence-electron chi connectivity index (χ3n) is 5.11. The van der Waals surface area contributed by atoms with Crippen LogP contribution in [0.4, 0.5) is 0 Å². The van der Waals surface area contributed by atoms with Gasteiger partial charge in [-0.25, -0.2) is 4.79 Å². The van der Waals surface area contributed by atoms with Gasteiger partial charge in [-0.15, -0.1) is 0 Å². The number of aryl methyl sites for hydroxylation is 1. The van der Waals surface area contributed by atoms with E-state index in [0.29, 0.717) is 18.3 Å². The van der Waals surface area contributed by atoms with Crippen molar-refractivity contribution in [1.82, 2.24) is 20.5 Å². The molecule has 4 rings (SSSR count). The van der Waals surface area contributed by atoms with Crippen LogP contribution in [0.3, 0.4) is 0 Å². The summed E-state index contributed by atoms with van der Waals surface area (Å²) in [4.78, 5) is 15.3. The number of nitrogens with one attached hydrogen (secondary N) is 3. The number of carbonyl (C=O) groups is 1. The van der Waals surface area contributed by atoms with E-state index in [1.165, 1.54) is 18.4 Å². The smallest absolute Gasteiger partial charge is 0.354 e. The molecule has 2 aromatic heterocycles. The Morgan fingerprint density at radius 3 is 3.08 bits per heavy atom. The Hall–Kier alpha value is -2.60. The molecule has 3 aromatic rings. The molecule has 130 valence electrons. The summed E-state index contributed by atoms with van der Waals surface area (Å²) in [7, 11) is 1.41. The molecule has 1 aliphatic rings. The highest BCUT2D eigenvalue weighted by Gasteiger charge is 2.24. The van der Waals surface area contributed by atoms with Gasteiger partial charge in [0.2, 0.25) is 0 Å². The Morgan fingerprint density at radius 2 is 2.24 bits per heavy atom. The largest absolute Gasteiger partial charge is 0.464 e. The van der Waals surface area contributed by atoms with E-state index < -0.39 is 0 Å². The molecule has 6 nitrogen and oxygen atoms in total. The van der Waals surface area contributed by atoms with Crippen molar-refractivity contribution >= 4 is 16.9 Å². The van der Waals surface area contributed by atoms with Gasteiger partial charge in [0.1, 0.15) is 5.69 Å². The number of nitrogens with zero attached hydrogens (tertiary/aromatic N) is 1. The minimum Gasteiger partial charge on any atom is -0.464 e. The molecule has 0 fully saturated rings. The fourth-order valence-electron chi connectivity index (χ4n) is 3.74. The number of ether oxygens (including phenoxy) is 1. The number of esters is 1. The standard InChI is InChI=1S/C19H22N4O2/c1-11-13-8-7-12(9-17(13)23-22-11)20-10-15-14-5-3-4-6-16(14)21-18(15)19(24)25-2/h3-6,12,20-21H,7-10H2,1-2H3,(H,22,23). The molecule has 2 heterocycles. The van der Waals surface area contributed by atoms with Crippen LogP contribution in [0.5, 0.6) is 0 Å². The molecule has 0 radical (unpaired) electrons. The van der Waals surface area contributed by atoms with Crippen molar-refractivity contribution in [3.8, 4) is 0 Å². The topological polar surface area (TPSA) is 82.8 Å². The van der Waals surface area contributed by atoms with Gasteiger partial charge in [-0.3, -0.25) is 5.10 Å². The van der Waals surface area contributed by atoms with Crippen LogP contribution >= 0.6 is 0 Å². The van der Waals surface area contributed by atoms with Gasteiger partial charge in [0, 0.05) is 41.2 Å². The molecular formula is C19H22N4O2. The third kappa shape index (κ3) is 2.82. The molecule has 1 atom stereocenters. The zero-order chi connectivity index (χ0) is 17.4. The summed E-state index contributed by atoms with van der Waals surface area (Å²) in [6, 6.07) is 8.31. The Balaban J connectivity index is 1.56. The lowest BCUT2D eigenvalue weighted by molar-refractivity contribution is 0.0593. The van der Waals surface area contributed by atoms with Gasteiger partial charge in [0.05, 0.1) is 12.8 Å². The summed E-state index contributed by atoms with van der Waals surface area (Å²) in [5.41, 5.74) is 6.15. The van der Waals surface area contributed by atoms with Gasteiger partial charge in [0.15, 0.2) is 0 Å². The van der Waals surface area contributed by atoms with Gasteiger partial charge >= 0.3 is 5.97 Å². The number of para-hydroxylation sites is 1. The lowest BCUT2D eigenvalue weighted by atomic mass is 9.92. The van der Waals surface area contributed by atoms with Gasteiger partial charge in [0.25, 0.3) is 0 Å². The predicted molar refractivity (Wildman–Crippen MR) is 95.6 cm³/mol. The molecule has 1 aromatic carbocycles.